The molecule has 0 aliphatic rings. The van der Waals surface area contributed by atoms with Gasteiger partial charge in [-0.15, -0.1) is 12.4 Å². The van der Waals surface area contributed by atoms with Crippen LogP contribution >= 0.6 is 28.3 Å². The quantitative estimate of drug-likeness (QED) is 0.801. The first kappa shape index (κ1) is 15.2. The summed E-state index contributed by atoms with van der Waals surface area (Å²) >= 11 is 3.13. The van der Waals surface area contributed by atoms with Gasteiger partial charge in [-0.05, 0) is 34.5 Å². The molecule has 90 valence electrons. The van der Waals surface area contributed by atoms with Crippen LogP contribution in [0.4, 0.5) is 0 Å². The van der Waals surface area contributed by atoms with Crippen LogP contribution in [0, 0.1) is 0 Å². The normalized spacial score (nSPS) is 11.7. The zero-order valence-corrected chi connectivity index (χ0v) is 11.0. The van der Waals surface area contributed by atoms with Gasteiger partial charge in [0, 0.05) is 11.6 Å². The standard InChI is InChI=1S/C10H12BrNO3.ClH/c1-2-7(12)8-5(10(14)15)3-4-6(11)9(8)13;/h3-4,7,13H,2,12H2,1H3,(H,14,15);1H/t7-;/m0./s1. The zero-order chi connectivity index (χ0) is 11.6. The fourth-order valence-corrected chi connectivity index (χ4v) is 1.69. The molecule has 0 radical (unpaired) electrons. The van der Waals surface area contributed by atoms with Gasteiger partial charge >= 0.3 is 5.97 Å². The van der Waals surface area contributed by atoms with Crippen LogP contribution in [0.2, 0.25) is 0 Å². The van der Waals surface area contributed by atoms with Crippen LogP contribution in [0.15, 0.2) is 16.6 Å². The summed E-state index contributed by atoms with van der Waals surface area (Å²) in [7, 11) is 0. The van der Waals surface area contributed by atoms with Crippen molar-refractivity contribution < 1.29 is 15.0 Å². The van der Waals surface area contributed by atoms with Crippen LogP contribution in [-0.4, -0.2) is 16.2 Å². The van der Waals surface area contributed by atoms with E-state index < -0.39 is 12.0 Å². The molecule has 4 N–H and O–H groups in total. The summed E-state index contributed by atoms with van der Waals surface area (Å²) in [6.07, 6.45) is 0.560. The number of hydrogen-bond acceptors (Lipinski definition) is 3. The predicted molar refractivity (Wildman–Crippen MR) is 67.2 cm³/mol. The largest absolute Gasteiger partial charge is 0.506 e. The Morgan fingerprint density at radius 3 is 2.56 bits per heavy atom. The highest BCUT2D eigenvalue weighted by Gasteiger charge is 2.20. The van der Waals surface area contributed by atoms with Crippen molar-refractivity contribution in [2.75, 3.05) is 0 Å². The van der Waals surface area contributed by atoms with Gasteiger partial charge in [0.25, 0.3) is 0 Å². The van der Waals surface area contributed by atoms with Crippen LogP contribution in [0.5, 0.6) is 5.75 Å². The van der Waals surface area contributed by atoms with E-state index in [1.54, 1.807) is 0 Å². The van der Waals surface area contributed by atoms with E-state index >= 15 is 0 Å². The Kier molecular flexibility index (Phi) is 5.78. The third kappa shape index (κ3) is 2.87. The van der Waals surface area contributed by atoms with Crippen molar-refractivity contribution in [1.82, 2.24) is 0 Å². The summed E-state index contributed by atoms with van der Waals surface area (Å²) in [6, 6.07) is 2.44. The van der Waals surface area contributed by atoms with Crippen LogP contribution in [-0.2, 0) is 0 Å². The third-order valence-electron chi connectivity index (χ3n) is 2.21. The van der Waals surface area contributed by atoms with Crippen molar-refractivity contribution >= 4 is 34.3 Å². The molecular weight excluding hydrogens is 297 g/mol. The first-order valence-corrected chi connectivity index (χ1v) is 5.28. The van der Waals surface area contributed by atoms with Crippen molar-refractivity contribution in [3.05, 3.63) is 27.7 Å². The molecule has 0 aliphatic carbocycles. The van der Waals surface area contributed by atoms with E-state index in [0.717, 1.165) is 0 Å². The molecule has 0 saturated carbocycles. The summed E-state index contributed by atoms with van der Waals surface area (Å²) in [5.41, 5.74) is 6.08. The van der Waals surface area contributed by atoms with E-state index in [9.17, 15) is 9.90 Å². The Bertz CT molecular complexity index is 398. The number of aromatic hydroxyl groups is 1. The highest BCUT2D eigenvalue weighted by atomic mass is 79.9. The summed E-state index contributed by atoms with van der Waals surface area (Å²) in [6.45, 7) is 1.83. The van der Waals surface area contributed by atoms with Gasteiger partial charge < -0.3 is 15.9 Å². The SMILES string of the molecule is CC[C@H](N)c1c(C(=O)O)ccc(Br)c1O.Cl. The molecule has 0 fully saturated rings. The average Bonchev–Trinajstić information content (AvgIpc) is 2.20. The zero-order valence-electron chi connectivity index (χ0n) is 8.61. The first-order chi connectivity index (χ1) is 6.99. The van der Waals surface area contributed by atoms with Crippen LogP contribution in [0.25, 0.3) is 0 Å². The van der Waals surface area contributed by atoms with Crippen molar-refractivity contribution in [3.8, 4) is 5.75 Å². The number of aromatic carboxylic acids is 1. The Hall–Kier alpha value is -0.780. The van der Waals surface area contributed by atoms with Crippen LogP contribution < -0.4 is 5.73 Å². The predicted octanol–water partition coefficient (Wildman–Crippen LogP) is 2.68. The molecule has 0 bridgehead atoms. The van der Waals surface area contributed by atoms with Gasteiger partial charge in [-0.3, -0.25) is 0 Å². The number of carbonyl (C=O) groups is 1. The molecule has 4 nitrogen and oxygen atoms in total. The molecule has 1 aromatic carbocycles. The van der Waals surface area contributed by atoms with E-state index in [1.807, 2.05) is 6.92 Å². The molecule has 0 unspecified atom stereocenters. The van der Waals surface area contributed by atoms with Crippen LogP contribution in [0.1, 0.15) is 35.3 Å². The molecule has 0 amide bonds. The average molecular weight is 311 g/mol. The van der Waals surface area contributed by atoms with Gasteiger partial charge in [0.1, 0.15) is 5.75 Å². The topological polar surface area (TPSA) is 83.6 Å². The Labute approximate surface area is 108 Å². The minimum absolute atomic E-state index is 0. The number of carboxylic acid groups (broad SMARTS) is 1. The van der Waals surface area contributed by atoms with E-state index in [1.165, 1.54) is 12.1 Å². The van der Waals surface area contributed by atoms with E-state index in [4.69, 9.17) is 10.8 Å². The van der Waals surface area contributed by atoms with Crippen molar-refractivity contribution in [2.45, 2.75) is 19.4 Å². The fraction of sp³-hybridized carbons (Fsp3) is 0.300. The molecule has 1 aromatic rings. The number of halogens is 2. The first-order valence-electron chi connectivity index (χ1n) is 4.49. The maximum atomic E-state index is 10.9. The smallest absolute Gasteiger partial charge is 0.336 e. The monoisotopic (exact) mass is 309 g/mol. The number of phenolic OH excluding ortho intramolecular Hbond substituents is 1. The maximum absolute atomic E-state index is 10.9. The lowest BCUT2D eigenvalue weighted by molar-refractivity contribution is 0.0694. The molecule has 0 saturated heterocycles. The van der Waals surface area contributed by atoms with Gasteiger partial charge in [0.05, 0.1) is 10.0 Å². The second-order valence-corrected chi connectivity index (χ2v) is 4.03. The Morgan fingerprint density at radius 2 is 2.12 bits per heavy atom. The van der Waals surface area contributed by atoms with Gasteiger partial charge in [-0.2, -0.15) is 0 Å². The second kappa shape index (κ2) is 6.08. The number of benzene rings is 1. The number of hydrogen-bond donors (Lipinski definition) is 3. The number of rotatable bonds is 3. The van der Waals surface area contributed by atoms with Crippen molar-refractivity contribution in [3.63, 3.8) is 0 Å². The molecule has 16 heavy (non-hydrogen) atoms. The molecule has 0 heterocycles. The molecule has 1 atom stereocenters. The maximum Gasteiger partial charge on any atom is 0.336 e. The van der Waals surface area contributed by atoms with Gasteiger partial charge in [0.2, 0.25) is 0 Å². The lowest BCUT2D eigenvalue weighted by Gasteiger charge is -2.15. The molecule has 1 rings (SSSR count). The van der Waals surface area contributed by atoms with Crippen molar-refractivity contribution in [2.24, 2.45) is 5.73 Å². The number of carboxylic acids is 1. The molecule has 0 aromatic heterocycles. The van der Waals surface area contributed by atoms with E-state index in [0.29, 0.717) is 10.9 Å². The van der Waals surface area contributed by atoms with Gasteiger partial charge in [-0.25, -0.2) is 4.79 Å². The molecule has 0 spiro atoms. The number of phenols is 1. The molecule has 6 heteroatoms. The third-order valence-corrected chi connectivity index (χ3v) is 2.85. The van der Waals surface area contributed by atoms with Crippen molar-refractivity contribution in [1.29, 1.82) is 0 Å². The highest BCUT2D eigenvalue weighted by molar-refractivity contribution is 9.10. The van der Waals surface area contributed by atoms with Crippen LogP contribution in [0.3, 0.4) is 0 Å². The summed E-state index contributed by atoms with van der Waals surface area (Å²) < 4.78 is 0.450. The van der Waals surface area contributed by atoms with E-state index in [-0.39, 0.29) is 29.3 Å². The summed E-state index contributed by atoms with van der Waals surface area (Å²) in [5, 5.41) is 18.7. The minimum atomic E-state index is -1.09. The Morgan fingerprint density at radius 1 is 1.56 bits per heavy atom. The summed E-state index contributed by atoms with van der Waals surface area (Å²) in [5.74, 6) is -1.18. The highest BCUT2D eigenvalue weighted by Crippen LogP contribution is 2.34. The molecular formula is C10H13BrClNO3. The minimum Gasteiger partial charge on any atom is -0.506 e. The van der Waals surface area contributed by atoms with E-state index in [2.05, 4.69) is 15.9 Å². The lowest BCUT2D eigenvalue weighted by atomic mass is 9.98. The number of nitrogens with two attached hydrogens (primary N) is 1. The lowest BCUT2D eigenvalue weighted by Crippen LogP contribution is -2.14. The Balaban J connectivity index is 0.00000225. The molecule has 0 aliphatic heterocycles. The van der Waals surface area contributed by atoms with Gasteiger partial charge in [0.15, 0.2) is 0 Å². The fourth-order valence-electron chi connectivity index (χ4n) is 1.35. The second-order valence-electron chi connectivity index (χ2n) is 3.18. The summed E-state index contributed by atoms with van der Waals surface area (Å²) in [4.78, 5) is 10.9. The van der Waals surface area contributed by atoms with Gasteiger partial charge in [-0.1, -0.05) is 6.92 Å².